The Balaban J connectivity index is 0.000000826. The zero-order valence-corrected chi connectivity index (χ0v) is 35.3. The van der Waals surface area contributed by atoms with Gasteiger partial charge >= 0.3 is 292 Å². The monoisotopic (exact) mass is 827 g/mol. The Hall–Kier alpha value is -1.02. The molecule has 0 bridgehead atoms. The predicted octanol–water partition coefficient (Wildman–Crippen LogP) is 12.7. The summed E-state index contributed by atoms with van der Waals surface area (Å²) < 4.78 is 1.50. The second-order valence-electron chi connectivity index (χ2n) is 15.8. The third-order valence-corrected chi connectivity index (χ3v) is 25.1. The Morgan fingerprint density at radius 3 is 1.84 bits per heavy atom. The van der Waals surface area contributed by atoms with Gasteiger partial charge in [0.1, 0.15) is 0 Å². The summed E-state index contributed by atoms with van der Waals surface area (Å²) in [7, 11) is -0.0642. The predicted molar refractivity (Wildman–Crippen MR) is 214 cm³/mol. The van der Waals surface area contributed by atoms with E-state index in [4.69, 9.17) is 5.73 Å². The molecule has 2 fully saturated rings. The van der Waals surface area contributed by atoms with Crippen LogP contribution in [0.1, 0.15) is 124 Å². The molecule has 270 valence electrons. The Bertz CT molecular complexity index is 1470. The smallest absolute Gasteiger partial charge is 0.214 e. The summed E-state index contributed by atoms with van der Waals surface area (Å²) in [5, 5.41) is 2.35. The normalized spacial score (nSPS) is 17.6. The van der Waals surface area contributed by atoms with Crippen LogP contribution in [0.5, 0.6) is 0 Å². The zero-order valence-electron chi connectivity index (χ0n) is 30.9. The molecular formula is C44H61FeNP2Pd. The van der Waals surface area contributed by atoms with Crippen LogP contribution in [0.3, 0.4) is 0 Å². The van der Waals surface area contributed by atoms with Crippen molar-refractivity contribution in [2.45, 2.75) is 140 Å². The third kappa shape index (κ3) is 11.0. The number of hydrogen-bond acceptors (Lipinski definition) is 1. The quantitative estimate of drug-likeness (QED) is 0.0733. The Labute approximate surface area is 320 Å². The van der Waals surface area contributed by atoms with Crippen molar-refractivity contribution in [3.05, 3.63) is 103 Å². The van der Waals surface area contributed by atoms with Gasteiger partial charge in [-0.05, 0) is 0 Å². The maximum atomic E-state index is 6.50. The molecule has 0 radical (unpaired) electrons. The summed E-state index contributed by atoms with van der Waals surface area (Å²) in [6, 6.07) is 35.0. The summed E-state index contributed by atoms with van der Waals surface area (Å²) in [4.78, 5) is 0. The second kappa shape index (κ2) is 19.2. The van der Waals surface area contributed by atoms with Gasteiger partial charge in [0.05, 0.1) is 0 Å². The molecule has 0 saturated heterocycles. The largest absolute Gasteiger partial charge is 2.00 e. The molecule has 2 atom stereocenters. The standard InChI is InChI=1S/C27H46P2.C12H10N.C5H5.Fe.Pd/c1-21(20-27(5,6)28-26(2,3)4)24-18-13-19-25(24)29(22-14-9-7-10-15-22)23-16-11-8-12-17-23;13-12-9-5-4-8-11(12)10-6-2-1-3-7-10;1-2-4-5-3-1;;/h13,18-19,21-23H,7-12,14-17,20H2,1-6H3;1-6,8-9H,13H2;1-5H;;/q-2;;-1;+2;+1. The van der Waals surface area contributed by atoms with E-state index in [1.54, 1.807) is 5.56 Å². The first kappa shape index (κ1) is 40.7. The van der Waals surface area contributed by atoms with Crippen LogP contribution in [0, 0.1) is 0 Å². The van der Waals surface area contributed by atoms with Crippen LogP contribution >= 0.6 is 14.0 Å². The Morgan fingerprint density at radius 1 is 0.755 bits per heavy atom. The van der Waals surface area contributed by atoms with E-state index in [1.807, 2.05) is 47.8 Å². The van der Waals surface area contributed by atoms with Crippen LogP contribution in [0.2, 0.25) is 0 Å². The first-order chi connectivity index (χ1) is 23.1. The SMILES string of the molecule is CC(CC(C)(C)[P@]([Pd][c]1ccccc1-c1ccccc1N)C(C)(C)C)[c-]1cccc1P(C1CCCCC1)C1CCCCC1.[Fe+2].c1cc[cH-]c1. The van der Waals surface area contributed by atoms with Crippen molar-refractivity contribution < 1.29 is 34.6 Å². The van der Waals surface area contributed by atoms with Gasteiger partial charge in [0, 0.05) is 0 Å². The van der Waals surface area contributed by atoms with Crippen molar-refractivity contribution in [1.82, 2.24) is 0 Å². The van der Waals surface area contributed by atoms with Crippen LogP contribution in [0.4, 0.5) is 5.69 Å². The Morgan fingerprint density at radius 2 is 1.31 bits per heavy atom. The van der Waals surface area contributed by atoms with Crippen molar-refractivity contribution in [2.24, 2.45) is 0 Å². The molecule has 0 aromatic heterocycles. The maximum absolute atomic E-state index is 6.50. The molecule has 6 rings (SSSR count). The minimum absolute atomic E-state index is 0. The summed E-state index contributed by atoms with van der Waals surface area (Å²) in [5.74, 6) is 0.596. The van der Waals surface area contributed by atoms with Gasteiger partial charge in [-0.1, -0.05) is 0 Å². The van der Waals surface area contributed by atoms with E-state index in [9.17, 15) is 0 Å². The van der Waals surface area contributed by atoms with Gasteiger partial charge in [-0.25, -0.2) is 12.1 Å². The van der Waals surface area contributed by atoms with Gasteiger partial charge in [0.25, 0.3) is 0 Å². The van der Waals surface area contributed by atoms with Gasteiger partial charge < -0.3 is 0 Å². The Kier molecular flexibility index (Phi) is 15.9. The van der Waals surface area contributed by atoms with E-state index in [2.05, 4.69) is 96.1 Å². The molecule has 4 aromatic rings. The topological polar surface area (TPSA) is 26.0 Å². The molecule has 1 unspecified atom stereocenters. The van der Waals surface area contributed by atoms with Crippen LogP contribution < -0.4 is 15.1 Å². The van der Waals surface area contributed by atoms with E-state index < -0.39 is 0 Å². The average Bonchev–Trinajstić information content (AvgIpc) is 3.81. The molecule has 1 nitrogen and oxygen atoms in total. The first-order valence-electron chi connectivity index (χ1n) is 18.6. The third-order valence-electron chi connectivity index (χ3n) is 10.2. The molecule has 2 saturated carbocycles. The van der Waals surface area contributed by atoms with Gasteiger partial charge in [-0.15, -0.1) is 0 Å². The molecule has 0 heterocycles. The van der Waals surface area contributed by atoms with Gasteiger partial charge in [0.2, 0.25) is 0 Å². The van der Waals surface area contributed by atoms with Crippen molar-refractivity contribution >= 4 is 29.1 Å². The molecule has 0 amide bonds. The van der Waals surface area contributed by atoms with Crippen molar-refractivity contribution in [1.29, 1.82) is 0 Å². The van der Waals surface area contributed by atoms with Crippen molar-refractivity contribution in [3.63, 3.8) is 0 Å². The van der Waals surface area contributed by atoms with E-state index >= 15 is 0 Å². The number of nitrogen functional groups attached to an aromatic ring is 1. The van der Waals surface area contributed by atoms with Crippen LogP contribution in [0.15, 0.2) is 97.1 Å². The zero-order chi connectivity index (χ0) is 34.1. The van der Waals surface area contributed by atoms with Crippen LogP contribution in [-0.2, 0) is 34.6 Å². The molecular weight excluding hydrogens is 767 g/mol. The van der Waals surface area contributed by atoms with Gasteiger partial charge in [-0.2, -0.15) is 18.2 Å². The molecule has 2 N–H and O–H groups in total. The molecule has 2 aliphatic carbocycles. The average molecular weight is 828 g/mol. The molecule has 0 spiro atoms. The minimum atomic E-state index is -0.281. The summed E-state index contributed by atoms with van der Waals surface area (Å²) >= 11 is 0.528. The summed E-state index contributed by atoms with van der Waals surface area (Å²) in [6.07, 6.45) is 15.7. The summed E-state index contributed by atoms with van der Waals surface area (Å²) in [6.45, 7) is 15.3. The fourth-order valence-electron chi connectivity index (χ4n) is 8.39. The molecule has 0 aliphatic heterocycles. The number of benzene rings is 2. The number of para-hydroxylation sites is 1. The van der Waals surface area contributed by atoms with E-state index in [-0.39, 0.29) is 41.4 Å². The fourth-order valence-corrected chi connectivity index (χ4v) is 21.3. The maximum Gasteiger partial charge on any atom is 2.00 e. The molecule has 49 heavy (non-hydrogen) atoms. The van der Waals surface area contributed by atoms with Crippen LogP contribution in [0.25, 0.3) is 11.1 Å². The molecule has 4 aromatic carbocycles. The molecule has 2 aliphatic rings. The molecule has 5 heteroatoms. The number of anilines is 1. The number of rotatable bonds is 10. The number of nitrogens with two attached hydrogens (primary N) is 1. The summed E-state index contributed by atoms with van der Waals surface area (Å²) in [5.41, 5.74) is 13.5. The second-order valence-corrected chi connectivity index (χ2v) is 25.7. The van der Waals surface area contributed by atoms with Crippen molar-refractivity contribution in [2.75, 3.05) is 5.73 Å². The first-order valence-corrected chi connectivity index (χ1v) is 24.1. The van der Waals surface area contributed by atoms with E-state index in [0.717, 1.165) is 17.0 Å². The van der Waals surface area contributed by atoms with E-state index in [0.29, 0.717) is 23.4 Å². The fraction of sp³-hybridized carbons (Fsp3) is 0.500. The van der Waals surface area contributed by atoms with Gasteiger partial charge in [0.15, 0.2) is 0 Å². The minimum Gasteiger partial charge on any atom is -0.214 e. The van der Waals surface area contributed by atoms with E-state index in [1.165, 1.54) is 85.8 Å². The number of hydrogen-bond donors (Lipinski definition) is 1. The van der Waals surface area contributed by atoms with Crippen LogP contribution in [-0.4, -0.2) is 21.6 Å². The van der Waals surface area contributed by atoms with Crippen molar-refractivity contribution in [3.8, 4) is 11.1 Å². The van der Waals surface area contributed by atoms with Gasteiger partial charge in [-0.3, -0.25) is 0 Å².